The van der Waals surface area contributed by atoms with E-state index >= 15 is 0 Å². The van der Waals surface area contributed by atoms with Crippen molar-refractivity contribution >= 4 is 17.5 Å². The summed E-state index contributed by atoms with van der Waals surface area (Å²) in [6.45, 7) is 4.76. The molecule has 1 amide bonds. The smallest absolute Gasteiger partial charge is 0.276 e. The maximum Gasteiger partial charge on any atom is 0.276 e. The van der Waals surface area contributed by atoms with E-state index in [1.807, 2.05) is 18.2 Å². The first kappa shape index (κ1) is 17.8. The topological polar surface area (TPSA) is 72.4 Å². The number of likely N-dealkylation sites (tertiary alicyclic amines) is 1. The van der Waals surface area contributed by atoms with Crippen molar-refractivity contribution in [2.24, 2.45) is 0 Å². The van der Waals surface area contributed by atoms with Gasteiger partial charge in [0.05, 0.1) is 6.04 Å². The Hall–Kier alpha value is -2.60. The van der Waals surface area contributed by atoms with Gasteiger partial charge in [0.15, 0.2) is 11.5 Å². The van der Waals surface area contributed by atoms with Crippen LogP contribution in [0.25, 0.3) is 11.3 Å². The SMILES string of the molecule is CC(C)c1cc([C@H]2CCCN2C(=O)c2cc(-c3cccc(Cl)c3)on2)no1. The third kappa shape index (κ3) is 3.49. The van der Waals surface area contributed by atoms with Crippen LogP contribution in [-0.4, -0.2) is 27.7 Å². The molecule has 0 unspecified atom stereocenters. The van der Waals surface area contributed by atoms with Crippen molar-refractivity contribution in [3.63, 3.8) is 0 Å². The maximum absolute atomic E-state index is 13.0. The molecule has 0 bridgehead atoms. The van der Waals surface area contributed by atoms with E-state index < -0.39 is 0 Å². The molecular weight excluding hydrogens is 366 g/mol. The predicted octanol–water partition coefficient (Wildman–Crippen LogP) is 5.08. The molecule has 0 spiro atoms. The molecule has 1 saturated heterocycles. The van der Waals surface area contributed by atoms with Gasteiger partial charge in [-0.25, -0.2) is 0 Å². The number of carbonyl (C=O) groups is 1. The van der Waals surface area contributed by atoms with Crippen LogP contribution in [0.2, 0.25) is 5.02 Å². The summed E-state index contributed by atoms with van der Waals surface area (Å²) in [4.78, 5) is 14.8. The van der Waals surface area contributed by atoms with Crippen molar-refractivity contribution in [1.82, 2.24) is 15.2 Å². The van der Waals surface area contributed by atoms with Gasteiger partial charge in [-0.15, -0.1) is 0 Å². The van der Waals surface area contributed by atoms with E-state index in [9.17, 15) is 4.79 Å². The Bertz CT molecular complexity index is 963. The Labute approximate surface area is 162 Å². The Kier molecular flexibility index (Phi) is 4.74. The zero-order valence-electron chi connectivity index (χ0n) is 15.2. The summed E-state index contributed by atoms with van der Waals surface area (Å²) >= 11 is 6.03. The second-order valence-corrected chi connectivity index (χ2v) is 7.49. The lowest BCUT2D eigenvalue weighted by Crippen LogP contribution is -2.30. The summed E-state index contributed by atoms with van der Waals surface area (Å²) in [5.41, 5.74) is 1.86. The number of carbonyl (C=O) groups excluding carboxylic acids is 1. The monoisotopic (exact) mass is 385 g/mol. The molecule has 27 heavy (non-hydrogen) atoms. The lowest BCUT2D eigenvalue weighted by molar-refractivity contribution is 0.0720. The van der Waals surface area contributed by atoms with Gasteiger partial charge in [0.25, 0.3) is 5.91 Å². The van der Waals surface area contributed by atoms with Crippen LogP contribution in [0, 0.1) is 0 Å². The Morgan fingerprint density at radius 1 is 1.22 bits per heavy atom. The van der Waals surface area contributed by atoms with Gasteiger partial charge in [-0.1, -0.05) is 47.9 Å². The molecule has 3 aromatic rings. The van der Waals surface area contributed by atoms with Crippen molar-refractivity contribution in [3.8, 4) is 11.3 Å². The summed E-state index contributed by atoms with van der Waals surface area (Å²) in [5, 5.41) is 8.76. The lowest BCUT2D eigenvalue weighted by Gasteiger charge is -2.21. The summed E-state index contributed by atoms with van der Waals surface area (Å²) in [5.74, 6) is 1.44. The van der Waals surface area contributed by atoms with Crippen molar-refractivity contribution < 1.29 is 13.8 Å². The molecule has 4 rings (SSSR count). The van der Waals surface area contributed by atoms with E-state index in [1.54, 1.807) is 23.1 Å². The molecule has 0 saturated carbocycles. The van der Waals surface area contributed by atoms with Gasteiger partial charge in [-0.2, -0.15) is 0 Å². The van der Waals surface area contributed by atoms with Gasteiger partial charge in [0.2, 0.25) is 0 Å². The molecule has 1 aromatic carbocycles. The van der Waals surface area contributed by atoms with E-state index in [-0.39, 0.29) is 23.6 Å². The van der Waals surface area contributed by atoms with E-state index in [2.05, 4.69) is 24.2 Å². The van der Waals surface area contributed by atoms with Crippen LogP contribution in [-0.2, 0) is 0 Å². The molecule has 0 N–H and O–H groups in total. The molecule has 2 aromatic heterocycles. The number of hydrogen-bond donors (Lipinski definition) is 0. The minimum absolute atomic E-state index is 0.0972. The number of hydrogen-bond acceptors (Lipinski definition) is 5. The van der Waals surface area contributed by atoms with Gasteiger partial charge in [0, 0.05) is 35.2 Å². The number of aromatic nitrogens is 2. The van der Waals surface area contributed by atoms with Crippen LogP contribution in [0.15, 0.2) is 45.4 Å². The van der Waals surface area contributed by atoms with E-state index in [1.165, 1.54) is 0 Å². The molecule has 1 aliphatic heterocycles. The molecule has 1 aliphatic rings. The zero-order chi connectivity index (χ0) is 19.0. The summed E-state index contributed by atoms with van der Waals surface area (Å²) < 4.78 is 10.8. The normalized spacial score (nSPS) is 17.0. The van der Waals surface area contributed by atoms with E-state index in [4.69, 9.17) is 20.6 Å². The molecule has 0 radical (unpaired) electrons. The average molecular weight is 386 g/mol. The molecule has 140 valence electrons. The van der Waals surface area contributed by atoms with E-state index in [0.717, 1.165) is 29.9 Å². The molecule has 3 heterocycles. The highest BCUT2D eigenvalue weighted by atomic mass is 35.5. The lowest BCUT2D eigenvalue weighted by atomic mass is 10.1. The van der Waals surface area contributed by atoms with Crippen molar-refractivity contribution in [3.05, 3.63) is 58.6 Å². The zero-order valence-corrected chi connectivity index (χ0v) is 15.9. The minimum atomic E-state index is -0.163. The highest BCUT2D eigenvalue weighted by Gasteiger charge is 2.34. The number of rotatable bonds is 4. The summed E-state index contributed by atoms with van der Waals surface area (Å²) in [7, 11) is 0. The highest BCUT2D eigenvalue weighted by Crippen LogP contribution is 2.34. The Morgan fingerprint density at radius 2 is 2.07 bits per heavy atom. The van der Waals surface area contributed by atoms with Gasteiger partial charge < -0.3 is 13.9 Å². The third-order valence-electron chi connectivity index (χ3n) is 4.81. The summed E-state index contributed by atoms with van der Waals surface area (Å²) in [6, 6.07) is 10.8. The van der Waals surface area contributed by atoms with Gasteiger partial charge in [-0.05, 0) is 25.0 Å². The van der Waals surface area contributed by atoms with Crippen LogP contribution in [0.3, 0.4) is 0 Å². The quantitative estimate of drug-likeness (QED) is 0.625. The first-order valence-corrected chi connectivity index (χ1v) is 9.41. The fraction of sp³-hybridized carbons (Fsp3) is 0.350. The van der Waals surface area contributed by atoms with Crippen molar-refractivity contribution in [2.45, 2.75) is 38.6 Å². The number of halogens is 1. The largest absolute Gasteiger partial charge is 0.361 e. The fourth-order valence-electron chi connectivity index (χ4n) is 3.35. The second kappa shape index (κ2) is 7.19. The molecule has 6 nitrogen and oxygen atoms in total. The van der Waals surface area contributed by atoms with Gasteiger partial charge >= 0.3 is 0 Å². The molecule has 0 aliphatic carbocycles. The van der Waals surface area contributed by atoms with Crippen molar-refractivity contribution in [1.29, 1.82) is 0 Å². The third-order valence-corrected chi connectivity index (χ3v) is 5.04. The first-order valence-electron chi connectivity index (χ1n) is 9.03. The highest BCUT2D eigenvalue weighted by molar-refractivity contribution is 6.30. The molecular formula is C20H20ClN3O3. The first-order chi connectivity index (χ1) is 13.0. The Balaban J connectivity index is 1.56. The van der Waals surface area contributed by atoms with Crippen LogP contribution in [0.5, 0.6) is 0 Å². The van der Waals surface area contributed by atoms with E-state index in [0.29, 0.717) is 17.3 Å². The summed E-state index contributed by atoms with van der Waals surface area (Å²) in [6.07, 6.45) is 1.77. The van der Waals surface area contributed by atoms with Crippen LogP contribution >= 0.6 is 11.6 Å². The Morgan fingerprint density at radius 3 is 2.81 bits per heavy atom. The van der Waals surface area contributed by atoms with Crippen LogP contribution in [0.1, 0.15) is 60.6 Å². The average Bonchev–Trinajstić information content (AvgIpc) is 3.40. The van der Waals surface area contributed by atoms with Crippen LogP contribution < -0.4 is 0 Å². The molecule has 7 heteroatoms. The van der Waals surface area contributed by atoms with Gasteiger partial charge in [0.1, 0.15) is 11.5 Å². The predicted molar refractivity (Wildman–Crippen MR) is 101 cm³/mol. The van der Waals surface area contributed by atoms with Crippen LogP contribution in [0.4, 0.5) is 0 Å². The number of amides is 1. The molecule has 1 atom stereocenters. The standard InChI is InChI=1S/C20H20ClN3O3/c1-12(2)18-10-15(22-26-18)17-7-4-8-24(17)20(25)16-11-19(27-23-16)13-5-3-6-14(21)9-13/h3,5-6,9-12,17H,4,7-8H2,1-2H3/t17-/m1/s1. The molecule has 1 fully saturated rings. The maximum atomic E-state index is 13.0. The number of benzene rings is 1. The number of nitrogens with zero attached hydrogens (tertiary/aromatic N) is 3. The second-order valence-electron chi connectivity index (χ2n) is 7.05. The minimum Gasteiger partial charge on any atom is -0.361 e. The fourth-order valence-corrected chi connectivity index (χ4v) is 3.54. The van der Waals surface area contributed by atoms with Gasteiger partial charge in [-0.3, -0.25) is 4.79 Å². The van der Waals surface area contributed by atoms with Crippen molar-refractivity contribution in [2.75, 3.05) is 6.54 Å².